The molecule has 0 aromatic heterocycles. The van der Waals surface area contributed by atoms with E-state index in [1.807, 2.05) is 13.8 Å². The summed E-state index contributed by atoms with van der Waals surface area (Å²) in [5.41, 5.74) is 0.260. The fourth-order valence-electron chi connectivity index (χ4n) is 1.96. The normalized spacial score (nSPS) is 12.3. The van der Waals surface area contributed by atoms with Crippen molar-refractivity contribution in [3.63, 3.8) is 0 Å². The number of nitro groups is 1. The van der Waals surface area contributed by atoms with Gasteiger partial charge in [-0.3, -0.25) is 10.1 Å². The fraction of sp³-hybridized carbons (Fsp3) is 0.538. The number of anilines is 1. The molecule has 0 fully saturated rings. The van der Waals surface area contributed by atoms with E-state index in [1.54, 1.807) is 18.2 Å². The van der Waals surface area contributed by atoms with Crippen LogP contribution < -0.4 is 10.1 Å². The molecule has 0 radical (unpaired) electrons. The van der Waals surface area contributed by atoms with E-state index < -0.39 is 4.92 Å². The predicted octanol–water partition coefficient (Wildman–Crippen LogP) is 2.42. The maximum absolute atomic E-state index is 11.1. The Bertz CT molecular complexity index is 435. The van der Waals surface area contributed by atoms with E-state index in [9.17, 15) is 15.2 Å². The summed E-state index contributed by atoms with van der Waals surface area (Å²) < 4.78 is 5.00. The van der Waals surface area contributed by atoms with E-state index in [0.717, 1.165) is 6.42 Å². The van der Waals surface area contributed by atoms with Gasteiger partial charge < -0.3 is 15.2 Å². The molecule has 0 saturated heterocycles. The van der Waals surface area contributed by atoms with E-state index in [4.69, 9.17) is 4.74 Å². The number of hydrogen-bond acceptors (Lipinski definition) is 5. The highest BCUT2D eigenvalue weighted by Gasteiger charge is 2.22. The number of aliphatic hydroxyl groups excluding tert-OH is 1. The average Bonchev–Trinajstić information content (AvgIpc) is 2.36. The number of para-hydroxylation sites is 1. The molecule has 0 saturated carbocycles. The Morgan fingerprint density at radius 3 is 2.63 bits per heavy atom. The summed E-state index contributed by atoms with van der Waals surface area (Å²) in [6.45, 7) is 3.99. The van der Waals surface area contributed by atoms with E-state index in [1.165, 1.54) is 7.11 Å². The van der Waals surface area contributed by atoms with Crippen molar-refractivity contribution in [2.24, 2.45) is 5.92 Å². The van der Waals surface area contributed by atoms with E-state index >= 15 is 0 Å². The molecule has 0 amide bonds. The molecule has 1 unspecified atom stereocenters. The minimum atomic E-state index is -0.481. The van der Waals surface area contributed by atoms with Crippen LogP contribution in [0.25, 0.3) is 0 Å². The van der Waals surface area contributed by atoms with Gasteiger partial charge >= 0.3 is 5.69 Å². The van der Waals surface area contributed by atoms with Crippen molar-refractivity contribution >= 4 is 11.4 Å². The van der Waals surface area contributed by atoms with E-state index in [-0.39, 0.29) is 24.1 Å². The minimum Gasteiger partial charge on any atom is -0.490 e. The lowest BCUT2D eigenvalue weighted by Gasteiger charge is -2.19. The maximum atomic E-state index is 11.1. The van der Waals surface area contributed by atoms with Gasteiger partial charge in [0.1, 0.15) is 5.69 Å². The summed E-state index contributed by atoms with van der Waals surface area (Å²) in [6, 6.07) is 4.62. The second-order valence-corrected chi connectivity index (χ2v) is 4.77. The van der Waals surface area contributed by atoms with Crippen LogP contribution in [0.2, 0.25) is 0 Å². The molecule has 2 N–H and O–H groups in total. The van der Waals surface area contributed by atoms with Gasteiger partial charge in [0.15, 0.2) is 5.75 Å². The van der Waals surface area contributed by atoms with Gasteiger partial charge in [-0.1, -0.05) is 19.9 Å². The zero-order chi connectivity index (χ0) is 14.4. The number of methoxy groups -OCH3 is 1. The van der Waals surface area contributed by atoms with Crippen LogP contribution in [0, 0.1) is 16.0 Å². The third kappa shape index (κ3) is 4.10. The summed E-state index contributed by atoms with van der Waals surface area (Å²) in [5, 5.41) is 23.5. The van der Waals surface area contributed by atoms with Crippen molar-refractivity contribution in [3.8, 4) is 5.75 Å². The number of hydrogen-bond donors (Lipinski definition) is 2. The van der Waals surface area contributed by atoms with Crippen LogP contribution in [0.1, 0.15) is 20.3 Å². The molecule has 19 heavy (non-hydrogen) atoms. The van der Waals surface area contributed by atoms with Crippen molar-refractivity contribution in [3.05, 3.63) is 28.3 Å². The van der Waals surface area contributed by atoms with Gasteiger partial charge in [0, 0.05) is 6.04 Å². The highest BCUT2D eigenvalue weighted by molar-refractivity contribution is 5.68. The van der Waals surface area contributed by atoms with Gasteiger partial charge in [-0.2, -0.15) is 0 Å². The highest BCUT2D eigenvalue weighted by Crippen LogP contribution is 2.35. The molecular weight excluding hydrogens is 248 g/mol. The van der Waals surface area contributed by atoms with Crippen molar-refractivity contribution in [1.29, 1.82) is 0 Å². The molecule has 0 bridgehead atoms. The zero-order valence-electron chi connectivity index (χ0n) is 11.4. The lowest BCUT2D eigenvalue weighted by Crippen LogP contribution is -2.26. The van der Waals surface area contributed by atoms with Crippen LogP contribution in [0.15, 0.2) is 18.2 Å². The van der Waals surface area contributed by atoms with Gasteiger partial charge in [-0.25, -0.2) is 0 Å². The number of nitrogens with zero attached hydrogens (tertiary/aromatic N) is 1. The molecule has 6 nitrogen and oxygen atoms in total. The average molecular weight is 268 g/mol. The quantitative estimate of drug-likeness (QED) is 0.586. The number of rotatable bonds is 7. The molecule has 0 aliphatic carbocycles. The first kappa shape index (κ1) is 15.2. The Kier molecular flexibility index (Phi) is 5.57. The number of nitro benzene ring substituents is 1. The van der Waals surface area contributed by atoms with Crippen LogP contribution in [-0.4, -0.2) is 29.8 Å². The van der Waals surface area contributed by atoms with Crippen molar-refractivity contribution < 1.29 is 14.8 Å². The molecule has 1 atom stereocenters. The third-order valence-electron chi connectivity index (χ3n) is 2.74. The molecule has 0 aliphatic rings. The van der Waals surface area contributed by atoms with Crippen molar-refractivity contribution in [1.82, 2.24) is 0 Å². The minimum absolute atomic E-state index is 0.0768. The summed E-state index contributed by atoms with van der Waals surface area (Å²) in [5.74, 6) is 0.588. The summed E-state index contributed by atoms with van der Waals surface area (Å²) in [7, 11) is 1.39. The van der Waals surface area contributed by atoms with Crippen LogP contribution in [0.5, 0.6) is 5.75 Å². The van der Waals surface area contributed by atoms with Crippen molar-refractivity contribution in [2.75, 3.05) is 19.0 Å². The third-order valence-corrected chi connectivity index (χ3v) is 2.74. The molecule has 0 heterocycles. The van der Waals surface area contributed by atoms with Gasteiger partial charge in [-0.05, 0) is 24.5 Å². The fourth-order valence-corrected chi connectivity index (χ4v) is 1.96. The smallest absolute Gasteiger partial charge is 0.333 e. The Balaban J connectivity index is 3.02. The van der Waals surface area contributed by atoms with Crippen molar-refractivity contribution in [2.45, 2.75) is 26.3 Å². The first-order valence-corrected chi connectivity index (χ1v) is 6.18. The number of aliphatic hydroxyl groups is 1. The molecule has 106 valence electrons. The summed E-state index contributed by atoms with van der Waals surface area (Å²) in [6.07, 6.45) is 0.727. The van der Waals surface area contributed by atoms with Gasteiger partial charge in [0.2, 0.25) is 0 Å². The predicted molar refractivity (Wildman–Crippen MR) is 73.6 cm³/mol. The van der Waals surface area contributed by atoms with E-state index in [2.05, 4.69) is 5.32 Å². The zero-order valence-corrected chi connectivity index (χ0v) is 11.4. The van der Waals surface area contributed by atoms with Crippen LogP contribution in [0.4, 0.5) is 11.4 Å². The molecule has 1 aromatic carbocycles. The molecule has 0 spiro atoms. The summed E-state index contributed by atoms with van der Waals surface area (Å²) in [4.78, 5) is 10.6. The molecule has 6 heteroatoms. The topological polar surface area (TPSA) is 84.6 Å². The molecule has 1 rings (SSSR count). The van der Waals surface area contributed by atoms with Gasteiger partial charge in [0.05, 0.1) is 18.6 Å². The van der Waals surface area contributed by atoms with Gasteiger partial charge in [-0.15, -0.1) is 0 Å². The Labute approximate surface area is 112 Å². The number of ether oxygens (including phenoxy) is 1. The molecule has 0 aliphatic heterocycles. The van der Waals surface area contributed by atoms with E-state index in [0.29, 0.717) is 11.6 Å². The maximum Gasteiger partial charge on any atom is 0.333 e. The van der Waals surface area contributed by atoms with Crippen LogP contribution >= 0.6 is 0 Å². The lowest BCUT2D eigenvalue weighted by molar-refractivity contribution is -0.384. The number of nitrogens with one attached hydrogen (secondary N) is 1. The van der Waals surface area contributed by atoms with Gasteiger partial charge in [0.25, 0.3) is 0 Å². The standard InChI is InChI=1S/C13H20N2O4/c1-9(2)7-10(8-16)14-11-5-4-6-12(19-3)13(11)15(17)18/h4-6,9-10,14,16H,7-8H2,1-3H3. The highest BCUT2D eigenvalue weighted by atomic mass is 16.6. The second kappa shape index (κ2) is 6.94. The Morgan fingerprint density at radius 1 is 1.47 bits per heavy atom. The second-order valence-electron chi connectivity index (χ2n) is 4.77. The molecular formula is C13H20N2O4. The largest absolute Gasteiger partial charge is 0.490 e. The van der Waals surface area contributed by atoms with Crippen LogP contribution in [-0.2, 0) is 0 Å². The Hall–Kier alpha value is -1.82. The molecule has 1 aromatic rings. The van der Waals surface area contributed by atoms with Crippen LogP contribution in [0.3, 0.4) is 0 Å². The Morgan fingerprint density at radius 2 is 2.16 bits per heavy atom. The summed E-state index contributed by atoms with van der Waals surface area (Å²) >= 11 is 0. The first-order chi connectivity index (χ1) is 8.99. The number of benzene rings is 1. The lowest BCUT2D eigenvalue weighted by atomic mass is 10.0. The monoisotopic (exact) mass is 268 g/mol. The SMILES string of the molecule is COc1cccc(NC(CO)CC(C)C)c1[N+](=O)[O-]. The first-order valence-electron chi connectivity index (χ1n) is 6.18.